The lowest BCUT2D eigenvalue weighted by Gasteiger charge is -2.34. The number of piperazine rings is 1. The van der Waals surface area contributed by atoms with Crippen molar-refractivity contribution in [3.63, 3.8) is 0 Å². The van der Waals surface area contributed by atoms with Gasteiger partial charge in [0, 0.05) is 43.7 Å². The minimum Gasteiger partial charge on any atom is -0.335 e. The maximum absolute atomic E-state index is 13.2. The van der Waals surface area contributed by atoms with Gasteiger partial charge in [-0.25, -0.2) is 9.37 Å². The van der Waals surface area contributed by atoms with Crippen LogP contribution in [0.15, 0.2) is 29.6 Å². The van der Waals surface area contributed by atoms with Crippen molar-refractivity contribution in [1.29, 1.82) is 0 Å². The highest BCUT2D eigenvalue weighted by Crippen LogP contribution is 2.14. The van der Waals surface area contributed by atoms with Gasteiger partial charge in [0.2, 0.25) is 0 Å². The van der Waals surface area contributed by atoms with Crippen LogP contribution in [0.5, 0.6) is 0 Å². The lowest BCUT2D eigenvalue weighted by Crippen LogP contribution is -2.50. The average Bonchev–Trinajstić information content (AvgIpc) is 3.10. The van der Waals surface area contributed by atoms with Crippen LogP contribution in [0.1, 0.15) is 25.9 Å². The molecular formula is C16H18ClFN4O2S. The summed E-state index contributed by atoms with van der Waals surface area (Å²) in [4.78, 5) is 32.3. The molecule has 0 radical (unpaired) electrons. The highest BCUT2D eigenvalue weighted by atomic mass is 35.5. The number of carbonyl (C=O) groups is 2. The number of benzene rings is 1. The summed E-state index contributed by atoms with van der Waals surface area (Å²) >= 11 is 1.36. The van der Waals surface area contributed by atoms with E-state index in [0.29, 0.717) is 44.0 Å². The van der Waals surface area contributed by atoms with Crippen LogP contribution in [0.2, 0.25) is 0 Å². The number of thiazole rings is 1. The molecule has 1 aliphatic heterocycles. The van der Waals surface area contributed by atoms with E-state index in [1.165, 1.54) is 29.5 Å². The molecule has 1 fully saturated rings. The fraction of sp³-hybridized carbons (Fsp3) is 0.312. The third-order valence-corrected chi connectivity index (χ3v) is 4.74. The van der Waals surface area contributed by atoms with E-state index < -0.39 is 5.82 Å². The fourth-order valence-electron chi connectivity index (χ4n) is 2.58. The molecule has 1 aromatic heterocycles. The topological polar surface area (TPSA) is 79.5 Å². The number of hydrogen-bond acceptors (Lipinski definition) is 5. The zero-order valence-electron chi connectivity index (χ0n) is 13.4. The Morgan fingerprint density at radius 2 is 1.80 bits per heavy atom. The highest BCUT2D eigenvalue weighted by molar-refractivity contribution is 7.09. The van der Waals surface area contributed by atoms with Gasteiger partial charge in [-0.15, -0.1) is 23.7 Å². The molecule has 134 valence electrons. The van der Waals surface area contributed by atoms with Crippen LogP contribution >= 0.6 is 23.7 Å². The van der Waals surface area contributed by atoms with Crippen LogP contribution in [-0.4, -0.2) is 52.8 Å². The number of nitrogens with two attached hydrogens (primary N) is 1. The van der Waals surface area contributed by atoms with Gasteiger partial charge in [0.15, 0.2) is 0 Å². The van der Waals surface area contributed by atoms with E-state index in [2.05, 4.69) is 4.98 Å². The number of halogens is 2. The standard InChI is InChI=1S/C16H17FN4O2S.ClH/c17-12-3-1-2-11(8-12)15(22)20-4-6-21(7-5-20)16(23)13-10-24-14(9-18)19-13;/h1-3,8,10H,4-7,9,18H2;1H. The smallest absolute Gasteiger partial charge is 0.273 e. The normalized spacial score (nSPS) is 14.2. The Kier molecular flexibility index (Phi) is 6.46. The van der Waals surface area contributed by atoms with Crippen molar-refractivity contribution in [2.24, 2.45) is 5.73 Å². The summed E-state index contributed by atoms with van der Waals surface area (Å²) in [5.41, 5.74) is 6.23. The molecule has 0 atom stereocenters. The number of hydrogen-bond donors (Lipinski definition) is 1. The summed E-state index contributed by atoms with van der Waals surface area (Å²) in [5.74, 6) is -0.807. The van der Waals surface area contributed by atoms with Gasteiger partial charge >= 0.3 is 0 Å². The summed E-state index contributed by atoms with van der Waals surface area (Å²) in [5, 5.41) is 2.42. The molecule has 25 heavy (non-hydrogen) atoms. The van der Waals surface area contributed by atoms with Gasteiger partial charge in [0.05, 0.1) is 0 Å². The Bertz CT molecular complexity index is 762. The van der Waals surface area contributed by atoms with Crippen molar-refractivity contribution < 1.29 is 14.0 Å². The van der Waals surface area contributed by atoms with Gasteiger partial charge in [-0.1, -0.05) is 6.07 Å². The first-order chi connectivity index (χ1) is 11.6. The summed E-state index contributed by atoms with van der Waals surface area (Å²) < 4.78 is 13.2. The van der Waals surface area contributed by atoms with Crippen molar-refractivity contribution in [2.75, 3.05) is 26.2 Å². The van der Waals surface area contributed by atoms with E-state index in [4.69, 9.17) is 5.73 Å². The molecule has 1 saturated heterocycles. The Hall–Kier alpha value is -2.03. The zero-order valence-corrected chi connectivity index (χ0v) is 15.0. The third-order valence-electron chi connectivity index (χ3n) is 3.87. The first-order valence-corrected chi connectivity index (χ1v) is 8.45. The molecule has 2 heterocycles. The highest BCUT2D eigenvalue weighted by Gasteiger charge is 2.26. The quantitative estimate of drug-likeness (QED) is 0.874. The second kappa shape index (κ2) is 8.37. The first-order valence-electron chi connectivity index (χ1n) is 7.57. The van der Waals surface area contributed by atoms with Crippen molar-refractivity contribution in [1.82, 2.24) is 14.8 Å². The van der Waals surface area contributed by atoms with Crippen molar-refractivity contribution >= 4 is 35.6 Å². The Balaban J connectivity index is 0.00000225. The summed E-state index contributed by atoms with van der Waals surface area (Å²) in [7, 11) is 0. The van der Waals surface area contributed by atoms with Crippen molar-refractivity contribution in [3.8, 4) is 0 Å². The van der Waals surface area contributed by atoms with E-state index in [1.807, 2.05) is 0 Å². The summed E-state index contributed by atoms with van der Waals surface area (Å²) in [6, 6.07) is 5.63. The lowest BCUT2D eigenvalue weighted by atomic mass is 10.1. The van der Waals surface area contributed by atoms with E-state index in [-0.39, 0.29) is 24.2 Å². The van der Waals surface area contributed by atoms with E-state index in [9.17, 15) is 14.0 Å². The second-order valence-corrected chi connectivity index (χ2v) is 6.37. The minimum atomic E-state index is -0.436. The van der Waals surface area contributed by atoms with Crippen LogP contribution < -0.4 is 5.73 Å². The zero-order chi connectivity index (χ0) is 17.1. The molecule has 2 amide bonds. The molecule has 1 aromatic carbocycles. The average molecular weight is 385 g/mol. The third kappa shape index (κ3) is 4.33. The van der Waals surface area contributed by atoms with Gasteiger partial charge in [-0.05, 0) is 18.2 Å². The Labute approximate surface area is 154 Å². The van der Waals surface area contributed by atoms with Gasteiger partial charge in [-0.2, -0.15) is 0 Å². The predicted molar refractivity (Wildman–Crippen MR) is 95.5 cm³/mol. The Morgan fingerprint density at radius 3 is 2.36 bits per heavy atom. The summed E-state index contributed by atoms with van der Waals surface area (Å²) in [6.07, 6.45) is 0. The largest absolute Gasteiger partial charge is 0.335 e. The van der Waals surface area contributed by atoms with Gasteiger partial charge < -0.3 is 15.5 Å². The molecule has 6 nitrogen and oxygen atoms in total. The van der Waals surface area contributed by atoms with Crippen molar-refractivity contribution in [3.05, 3.63) is 51.7 Å². The number of amides is 2. The number of rotatable bonds is 3. The van der Waals surface area contributed by atoms with Crippen LogP contribution in [0, 0.1) is 5.82 Å². The molecule has 0 bridgehead atoms. The maximum Gasteiger partial charge on any atom is 0.273 e. The molecule has 2 N–H and O–H groups in total. The van der Waals surface area contributed by atoms with Gasteiger partial charge in [-0.3, -0.25) is 9.59 Å². The fourth-order valence-corrected chi connectivity index (χ4v) is 3.23. The molecule has 0 spiro atoms. The number of nitrogens with zero attached hydrogens (tertiary/aromatic N) is 3. The van der Waals surface area contributed by atoms with Crippen LogP contribution in [0.3, 0.4) is 0 Å². The van der Waals surface area contributed by atoms with Gasteiger partial charge in [0.1, 0.15) is 16.5 Å². The molecular weight excluding hydrogens is 367 g/mol. The van der Waals surface area contributed by atoms with Crippen LogP contribution in [-0.2, 0) is 6.54 Å². The monoisotopic (exact) mass is 384 g/mol. The minimum absolute atomic E-state index is 0. The lowest BCUT2D eigenvalue weighted by molar-refractivity contribution is 0.0532. The van der Waals surface area contributed by atoms with E-state index in [1.54, 1.807) is 21.2 Å². The van der Waals surface area contributed by atoms with Crippen LogP contribution in [0.25, 0.3) is 0 Å². The molecule has 0 unspecified atom stereocenters. The Morgan fingerprint density at radius 1 is 1.16 bits per heavy atom. The molecule has 1 aliphatic rings. The van der Waals surface area contributed by atoms with Crippen LogP contribution in [0.4, 0.5) is 4.39 Å². The number of carbonyl (C=O) groups excluding carboxylic acids is 2. The maximum atomic E-state index is 13.2. The molecule has 3 rings (SSSR count). The van der Waals surface area contributed by atoms with Crippen molar-refractivity contribution in [2.45, 2.75) is 6.54 Å². The molecule has 0 aliphatic carbocycles. The molecule has 0 saturated carbocycles. The number of aromatic nitrogens is 1. The molecule has 2 aromatic rings. The molecule has 9 heteroatoms. The van der Waals surface area contributed by atoms with E-state index >= 15 is 0 Å². The van der Waals surface area contributed by atoms with Gasteiger partial charge in [0.25, 0.3) is 11.8 Å². The first kappa shape index (κ1) is 19.3. The second-order valence-electron chi connectivity index (χ2n) is 5.43. The SMILES string of the molecule is Cl.NCc1nc(C(=O)N2CCN(C(=O)c3cccc(F)c3)CC2)cs1. The van der Waals surface area contributed by atoms with E-state index in [0.717, 1.165) is 5.01 Å². The predicted octanol–water partition coefficient (Wildman–Crippen LogP) is 1.76. The summed E-state index contributed by atoms with van der Waals surface area (Å²) in [6.45, 7) is 1.99.